The molecule has 0 aromatic heterocycles. The maximum atomic E-state index is 9.24. The molecule has 1 rings (SSSR count). The largest absolute Gasteiger partial charge is 0.497 e. The van der Waals surface area contributed by atoms with Gasteiger partial charge in [-0.15, -0.1) is 0 Å². The van der Waals surface area contributed by atoms with E-state index < -0.39 is 0 Å². The molecular formula is C13H21NO2. The van der Waals surface area contributed by atoms with Gasteiger partial charge in [-0.1, -0.05) is 19.1 Å². The fourth-order valence-electron chi connectivity index (χ4n) is 1.65. The molecule has 90 valence electrons. The highest BCUT2D eigenvalue weighted by Gasteiger charge is 2.09. The number of ether oxygens (including phenoxy) is 1. The maximum Gasteiger partial charge on any atom is 0.118 e. The molecule has 0 saturated carbocycles. The van der Waals surface area contributed by atoms with Gasteiger partial charge in [0.15, 0.2) is 0 Å². The van der Waals surface area contributed by atoms with Crippen LogP contribution in [0.5, 0.6) is 5.75 Å². The minimum absolute atomic E-state index is 0.292. The molecule has 0 heterocycles. The number of hydrogen-bond acceptors (Lipinski definition) is 3. The van der Waals surface area contributed by atoms with Gasteiger partial charge in [-0.3, -0.25) is 0 Å². The van der Waals surface area contributed by atoms with Crippen LogP contribution in [0.15, 0.2) is 24.3 Å². The molecule has 2 atom stereocenters. The molecule has 0 bridgehead atoms. The predicted molar refractivity (Wildman–Crippen MR) is 65.7 cm³/mol. The SMILES string of the molecule is CCC(NC[C@@H](C)O)c1ccc(OC)cc1. The normalized spacial score (nSPS) is 14.5. The third kappa shape index (κ3) is 3.83. The zero-order valence-corrected chi connectivity index (χ0v) is 10.2. The van der Waals surface area contributed by atoms with Crippen molar-refractivity contribution in [3.8, 4) is 5.75 Å². The third-order valence-corrected chi connectivity index (χ3v) is 2.59. The van der Waals surface area contributed by atoms with Crippen LogP contribution in [0.2, 0.25) is 0 Å². The summed E-state index contributed by atoms with van der Waals surface area (Å²) in [5, 5.41) is 12.6. The number of methoxy groups -OCH3 is 1. The Morgan fingerprint density at radius 1 is 1.31 bits per heavy atom. The van der Waals surface area contributed by atoms with E-state index in [1.165, 1.54) is 5.56 Å². The van der Waals surface area contributed by atoms with Gasteiger partial charge >= 0.3 is 0 Å². The van der Waals surface area contributed by atoms with E-state index in [1.807, 2.05) is 12.1 Å². The first-order valence-corrected chi connectivity index (χ1v) is 5.72. The van der Waals surface area contributed by atoms with E-state index >= 15 is 0 Å². The van der Waals surface area contributed by atoms with Crippen LogP contribution in [-0.2, 0) is 0 Å². The fourth-order valence-corrected chi connectivity index (χ4v) is 1.65. The van der Waals surface area contributed by atoms with Crippen LogP contribution in [-0.4, -0.2) is 24.9 Å². The molecule has 0 amide bonds. The second kappa shape index (κ2) is 6.51. The molecule has 1 aromatic carbocycles. The van der Waals surface area contributed by atoms with Crippen molar-refractivity contribution in [2.24, 2.45) is 0 Å². The van der Waals surface area contributed by atoms with Crippen molar-refractivity contribution in [1.29, 1.82) is 0 Å². The molecule has 0 fully saturated rings. The highest BCUT2D eigenvalue weighted by atomic mass is 16.5. The molecule has 0 spiro atoms. The molecule has 1 unspecified atom stereocenters. The van der Waals surface area contributed by atoms with Crippen LogP contribution in [0.3, 0.4) is 0 Å². The summed E-state index contributed by atoms with van der Waals surface area (Å²) in [6, 6.07) is 8.33. The molecule has 3 heteroatoms. The van der Waals surface area contributed by atoms with Gasteiger partial charge in [-0.2, -0.15) is 0 Å². The van der Waals surface area contributed by atoms with Gasteiger partial charge < -0.3 is 15.2 Å². The summed E-state index contributed by atoms with van der Waals surface area (Å²) >= 11 is 0. The lowest BCUT2D eigenvalue weighted by Crippen LogP contribution is -2.28. The summed E-state index contributed by atoms with van der Waals surface area (Å²) in [5.74, 6) is 0.870. The van der Waals surface area contributed by atoms with E-state index in [0.717, 1.165) is 12.2 Å². The minimum Gasteiger partial charge on any atom is -0.497 e. The number of benzene rings is 1. The van der Waals surface area contributed by atoms with Gasteiger partial charge in [-0.05, 0) is 31.0 Å². The standard InChI is InChI=1S/C13H21NO2/c1-4-13(14-9-10(2)15)11-5-7-12(16-3)8-6-11/h5-8,10,13-15H,4,9H2,1-3H3/t10-,13?/m1/s1. The molecule has 0 aliphatic heterocycles. The first kappa shape index (κ1) is 13.0. The minimum atomic E-state index is -0.313. The van der Waals surface area contributed by atoms with Crippen molar-refractivity contribution in [3.05, 3.63) is 29.8 Å². The van der Waals surface area contributed by atoms with Gasteiger partial charge in [0.25, 0.3) is 0 Å². The second-order valence-corrected chi connectivity index (χ2v) is 3.99. The van der Waals surface area contributed by atoms with Crippen LogP contribution in [0.4, 0.5) is 0 Å². The number of nitrogens with one attached hydrogen (secondary N) is 1. The Labute approximate surface area is 97.4 Å². The maximum absolute atomic E-state index is 9.24. The smallest absolute Gasteiger partial charge is 0.118 e. The van der Waals surface area contributed by atoms with Crippen LogP contribution in [0.1, 0.15) is 31.9 Å². The second-order valence-electron chi connectivity index (χ2n) is 3.99. The Bertz CT molecular complexity index is 295. The van der Waals surface area contributed by atoms with Gasteiger partial charge in [0.1, 0.15) is 5.75 Å². The van der Waals surface area contributed by atoms with Gasteiger partial charge in [-0.25, -0.2) is 0 Å². The molecule has 16 heavy (non-hydrogen) atoms. The van der Waals surface area contributed by atoms with Crippen LogP contribution < -0.4 is 10.1 Å². The summed E-state index contributed by atoms with van der Waals surface area (Å²) in [7, 11) is 1.66. The van der Waals surface area contributed by atoms with Gasteiger partial charge in [0.05, 0.1) is 13.2 Å². The Balaban J connectivity index is 2.63. The van der Waals surface area contributed by atoms with Crippen molar-refractivity contribution in [3.63, 3.8) is 0 Å². The Morgan fingerprint density at radius 2 is 1.94 bits per heavy atom. The highest BCUT2D eigenvalue weighted by molar-refractivity contribution is 5.29. The van der Waals surface area contributed by atoms with Gasteiger partial charge in [0.2, 0.25) is 0 Å². The lowest BCUT2D eigenvalue weighted by molar-refractivity contribution is 0.185. The molecule has 3 nitrogen and oxygen atoms in total. The molecule has 0 aliphatic carbocycles. The molecular weight excluding hydrogens is 202 g/mol. The quantitative estimate of drug-likeness (QED) is 0.776. The summed E-state index contributed by atoms with van der Waals surface area (Å²) in [5.41, 5.74) is 1.23. The third-order valence-electron chi connectivity index (χ3n) is 2.59. The van der Waals surface area contributed by atoms with E-state index in [0.29, 0.717) is 12.6 Å². The van der Waals surface area contributed by atoms with Crippen molar-refractivity contribution >= 4 is 0 Å². The zero-order chi connectivity index (χ0) is 12.0. The molecule has 0 aliphatic rings. The van der Waals surface area contributed by atoms with E-state index in [1.54, 1.807) is 14.0 Å². The van der Waals surface area contributed by atoms with Crippen molar-refractivity contribution in [1.82, 2.24) is 5.32 Å². The van der Waals surface area contributed by atoms with Crippen LogP contribution in [0, 0.1) is 0 Å². The highest BCUT2D eigenvalue weighted by Crippen LogP contribution is 2.19. The van der Waals surface area contributed by atoms with Crippen LogP contribution in [0.25, 0.3) is 0 Å². The predicted octanol–water partition coefficient (Wildman–Crippen LogP) is 2.12. The first-order valence-electron chi connectivity index (χ1n) is 5.72. The summed E-state index contributed by atoms with van der Waals surface area (Å²) < 4.78 is 5.12. The average molecular weight is 223 g/mol. The van der Waals surface area contributed by atoms with E-state index in [9.17, 15) is 5.11 Å². The molecule has 1 aromatic rings. The Kier molecular flexibility index (Phi) is 5.29. The summed E-state index contributed by atoms with van der Waals surface area (Å²) in [6.45, 7) is 4.53. The number of aliphatic hydroxyl groups excluding tert-OH is 1. The van der Waals surface area contributed by atoms with Crippen molar-refractivity contribution < 1.29 is 9.84 Å². The Morgan fingerprint density at radius 3 is 2.38 bits per heavy atom. The number of rotatable bonds is 6. The fraction of sp³-hybridized carbons (Fsp3) is 0.538. The number of hydrogen-bond donors (Lipinski definition) is 2. The van der Waals surface area contributed by atoms with Crippen molar-refractivity contribution in [2.45, 2.75) is 32.4 Å². The molecule has 0 radical (unpaired) electrons. The first-order chi connectivity index (χ1) is 7.67. The number of aliphatic hydroxyl groups is 1. The van der Waals surface area contributed by atoms with Crippen LogP contribution >= 0.6 is 0 Å². The Hall–Kier alpha value is -1.06. The average Bonchev–Trinajstić information content (AvgIpc) is 2.30. The lowest BCUT2D eigenvalue weighted by atomic mass is 10.0. The van der Waals surface area contributed by atoms with E-state index in [-0.39, 0.29) is 6.10 Å². The van der Waals surface area contributed by atoms with E-state index in [2.05, 4.69) is 24.4 Å². The zero-order valence-electron chi connectivity index (χ0n) is 10.2. The van der Waals surface area contributed by atoms with E-state index in [4.69, 9.17) is 4.74 Å². The topological polar surface area (TPSA) is 41.5 Å². The summed E-state index contributed by atoms with van der Waals surface area (Å²) in [4.78, 5) is 0. The molecule has 0 saturated heterocycles. The lowest BCUT2D eigenvalue weighted by Gasteiger charge is -2.18. The summed E-state index contributed by atoms with van der Waals surface area (Å²) in [6.07, 6.45) is 0.686. The van der Waals surface area contributed by atoms with Crippen molar-refractivity contribution in [2.75, 3.05) is 13.7 Å². The monoisotopic (exact) mass is 223 g/mol. The van der Waals surface area contributed by atoms with Gasteiger partial charge in [0, 0.05) is 12.6 Å². The molecule has 2 N–H and O–H groups in total.